The zero-order chi connectivity index (χ0) is 19.6. The molecule has 0 unspecified atom stereocenters. The Morgan fingerprint density at radius 1 is 1.41 bits per heavy atom. The molecule has 3 aliphatic rings. The second-order valence-electron chi connectivity index (χ2n) is 7.26. The molecule has 4 atom stereocenters. The van der Waals surface area contributed by atoms with Gasteiger partial charge in [0.05, 0.1) is 30.9 Å². The lowest BCUT2D eigenvalue weighted by atomic mass is 9.74. The fourth-order valence-electron chi connectivity index (χ4n) is 4.94. The predicted octanol–water partition coefficient (Wildman–Crippen LogP) is 2.03. The number of nitrogens with zero attached hydrogens (tertiary/aromatic N) is 1. The monoisotopic (exact) mass is 399 g/mol. The maximum atomic E-state index is 9.73. The number of ether oxygens (including phenoxy) is 3. The van der Waals surface area contributed by atoms with Gasteiger partial charge >= 0.3 is 0 Å². The summed E-state index contributed by atoms with van der Waals surface area (Å²) in [6.45, 7) is 2.59. The van der Waals surface area contributed by atoms with E-state index in [0.29, 0.717) is 22.4 Å². The Bertz CT molecular complexity index is 686. The number of hydrogen-bond donors (Lipinski definition) is 2. The van der Waals surface area contributed by atoms with Crippen LogP contribution >= 0.6 is 11.6 Å². The zero-order valence-corrected chi connectivity index (χ0v) is 16.3. The minimum Gasteiger partial charge on any atom is -0.493 e. The van der Waals surface area contributed by atoms with Crippen molar-refractivity contribution in [3.8, 4) is 11.5 Å². The number of carbonyl (C=O) groups is 1. The number of rotatable bonds is 5. The Balaban J connectivity index is 0.000000659. The standard InChI is InChI=1S/C18H24ClNO4.CH2O2/c1-22-15-4-3-11(16(19)17(15)23-2)7-20-8-13-12(9-21)14-5-6-18(13,10-20)24-14;2-1-3/h3-4,12-14,21H,5-10H2,1-2H3;1H,(H,2,3)/t12-,13+,14+,18+;/m0./s1. The minimum atomic E-state index is -0.250. The molecule has 3 fully saturated rings. The fraction of sp³-hybridized carbons (Fsp3) is 0.632. The molecular formula is C19H26ClNO6. The van der Waals surface area contributed by atoms with Gasteiger partial charge in [0.15, 0.2) is 11.5 Å². The number of likely N-dealkylation sites (tertiary alicyclic amines) is 1. The van der Waals surface area contributed by atoms with Crippen molar-refractivity contribution in [1.82, 2.24) is 4.90 Å². The Labute approximate surface area is 163 Å². The molecule has 1 aromatic carbocycles. The summed E-state index contributed by atoms with van der Waals surface area (Å²) in [6, 6.07) is 3.89. The van der Waals surface area contributed by atoms with E-state index in [2.05, 4.69) is 4.90 Å². The maximum Gasteiger partial charge on any atom is 0.290 e. The Hall–Kier alpha value is -1.54. The molecule has 27 heavy (non-hydrogen) atoms. The Morgan fingerprint density at radius 3 is 2.78 bits per heavy atom. The van der Waals surface area contributed by atoms with Crippen molar-refractivity contribution in [2.75, 3.05) is 33.9 Å². The third kappa shape index (κ3) is 3.49. The Morgan fingerprint density at radius 2 is 2.15 bits per heavy atom. The minimum absolute atomic E-state index is 0.0545. The van der Waals surface area contributed by atoms with Gasteiger partial charge in [0.25, 0.3) is 6.47 Å². The van der Waals surface area contributed by atoms with Crippen molar-refractivity contribution >= 4 is 18.1 Å². The number of hydrogen-bond acceptors (Lipinski definition) is 6. The highest BCUT2D eigenvalue weighted by atomic mass is 35.5. The molecule has 3 saturated heterocycles. The van der Waals surface area contributed by atoms with E-state index in [9.17, 15) is 5.11 Å². The average Bonchev–Trinajstić information content (AvgIpc) is 3.31. The van der Waals surface area contributed by atoms with Gasteiger partial charge in [0, 0.05) is 38.1 Å². The molecule has 0 aliphatic carbocycles. The third-order valence-corrected chi connectivity index (χ3v) is 6.44. The van der Waals surface area contributed by atoms with E-state index in [-0.39, 0.29) is 30.7 Å². The van der Waals surface area contributed by atoms with Crippen LogP contribution in [0.25, 0.3) is 0 Å². The number of halogens is 1. The van der Waals surface area contributed by atoms with E-state index in [1.165, 1.54) is 0 Å². The third-order valence-electron chi connectivity index (χ3n) is 6.02. The number of benzene rings is 1. The lowest BCUT2D eigenvalue weighted by Crippen LogP contribution is -2.37. The second-order valence-corrected chi connectivity index (χ2v) is 7.64. The molecule has 0 saturated carbocycles. The highest BCUT2D eigenvalue weighted by molar-refractivity contribution is 6.33. The van der Waals surface area contributed by atoms with Crippen molar-refractivity contribution in [3.05, 3.63) is 22.7 Å². The molecule has 150 valence electrons. The fourth-order valence-corrected chi connectivity index (χ4v) is 5.24. The molecule has 3 heterocycles. The number of carboxylic acid groups (broad SMARTS) is 1. The summed E-state index contributed by atoms with van der Waals surface area (Å²) < 4.78 is 17.0. The van der Waals surface area contributed by atoms with E-state index in [0.717, 1.165) is 38.0 Å². The quantitative estimate of drug-likeness (QED) is 0.732. The van der Waals surface area contributed by atoms with Crippen LogP contribution in [0.4, 0.5) is 0 Å². The first-order chi connectivity index (χ1) is 13.0. The van der Waals surface area contributed by atoms with Gasteiger partial charge in [-0.15, -0.1) is 0 Å². The number of aliphatic hydroxyl groups excluding tert-OH is 1. The predicted molar refractivity (Wildman–Crippen MR) is 99.4 cm³/mol. The molecule has 0 radical (unpaired) electrons. The van der Waals surface area contributed by atoms with Crippen molar-refractivity contribution < 1.29 is 29.2 Å². The summed E-state index contributed by atoms with van der Waals surface area (Å²) in [5, 5.41) is 17.2. The first-order valence-electron chi connectivity index (χ1n) is 9.01. The van der Waals surface area contributed by atoms with Gasteiger partial charge in [-0.3, -0.25) is 9.69 Å². The van der Waals surface area contributed by atoms with Crippen LogP contribution < -0.4 is 9.47 Å². The van der Waals surface area contributed by atoms with Crippen LogP contribution in [0.15, 0.2) is 12.1 Å². The van der Waals surface area contributed by atoms with Crippen LogP contribution in [0.5, 0.6) is 11.5 Å². The van der Waals surface area contributed by atoms with Crippen molar-refractivity contribution in [3.63, 3.8) is 0 Å². The van der Waals surface area contributed by atoms with E-state index in [1.54, 1.807) is 14.2 Å². The van der Waals surface area contributed by atoms with Gasteiger partial charge in [-0.2, -0.15) is 0 Å². The van der Waals surface area contributed by atoms with E-state index >= 15 is 0 Å². The van der Waals surface area contributed by atoms with Gasteiger partial charge in [-0.05, 0) is 24.5 Å². The van der Waals surface area contributed by atoms with Crippen molar-refractivity contribution in [2.24, 2.45) is 11.8 Å². The maximum absolute atomic E-state index is 9.73. The van der Waals surface area contributed by atoms with Crippen molar-refractivity contribution in [1.29, 1.82) is 0 Å². The van der Waals surface area contributed by atoms with Crippen LogP contribution in [0.3, 0.4) is 0 Å². The molecule has 3 aliphatic heterocycles. The van der Waals surface area contributed by atoms with Gasteiger partial charge in [-0.1, -0.05) is 17.7 Å². The van der Waals surface area contributed by atoms with Gasteiger partial charge in [0.2, 0.25) is 0 Å². The molecule has 2 bridgehead atoms. The molecule has 0 amide bonds. The largest absolute Gasteiger partial charge is 0.493 e. The SMILES string of the molecule is COc1ccc(CN2C[C@@H]3[C@H](CO)[C@H]4CC[C@]3(C2)O4)c(Cl)c1OC.O=CO. The van der Waals surface area contributed by atoms with E-state index in [1.807, 2.05) is 12.1 Å². The Kier molecular flexibility index (Phi) is 6.15. The molecule has 1 aromatic rings. The molecule has 8 heteroatoms. The summed E-state index contributed by atoms with van der Waals surface area (Å²) in [5.41, 5.74) is 0.974. The molecule has 7 nitrogen and oxygen atoms in total. The topological polar surface area (TPSA) is 88.5 Å². The van der Waals surface area contributed by atoms with Crippen LogP contribution in [-0.4, -0.2) is 67.2 Å². The van der Waals surface area contributed by atoms with Gasteiger partial charge in [0.1, 0.15) is 0 Å². The van der Waals surface area contributed by atoms with Gasteiger partial charge in [-0.25, -0.2) is 0 Å². The summed E-state index contributed by atoms with van der Waals surface area (Å²) in [6.07, 6.45) is 2.44. The first kappa shape index (κ1) is 20.2. The molecule has 2 N–H and O–H groups in total. The van der Waals surface area contributed by atoms with E-state index < -0.39 is 0 Å². The molecule has 1 spiro atoms. The first-order valence-corrected chi connectivity index (χ1v) is 9.39. The number of fused-ring (bicyclic) bond motifs is 1. The lowest BCUT2D eigenvalue weighted by Gasteiger charge is -2.28. The van der Waals surface area contributed by atoms with Gasteiger partial charge < -0.3 is 24.4 Å². The summed E-state index contributed by atoms with van der Waals surface area (Å²) in [5.74, 6) is 1.94. The zero-order valence-electron chi connectivity index (χ0n) is 15.6. The number of aliphatic hydroxyl groups is 1. The summed E-state index contributed by atoms with van der Waals surface area (Å²) >= 11 is 6.52. The second kappa shape index (κ2) is 8.22. The molecule has 4 rings (SSSR count). The number of methoxy groups -OCH3 is 2. The van der Waals surface area contributed by atoms with Crippen LogP contribution in [0, 0.1) is 11.8 Å². The van der Waals surface area contributed by atoms with Crippen LogP contribution in [0.1, 0.15) is 18.4 Å². The van der Waals surface area contributed by atoms with E-state index in [4.69, 9.17) is 35.7 Å². The molecule has 0 aromatic heterocycles. The smallest absolute Gasteiger partial charge is 0.290 e. The summed E-state index contributed by atoms with van der Waals surface area (Å²) in [4.78, 5) is 10.8. The highest BCUT2D eigenvalue weighted by Gasteiger charge is 2.62. The summed E-state index contributed by atoms with van der Waals surface area (Å²) in [7, 11) is 3.21. The van der Waals surface area contributed by atoms with Crippen LogP contribution in [0.2, 0.25) is 5.02 Å². The van der Waals surface area contributed by atoms with Crippen molar-refractivity contribution in [2.45, 2.75) is 31.1 Å². The molecular weight excluding hydrogens is 374 g/mol. The average molecular weight is 400 g/mol. The normalized spacial score (nSPS) is 31.2. The van der Waals surface area contributed by atoms with Crippen LogP contribution in [-0.2, 0) is 16.1 Å². The lowest BCUT2D eigenvalue weighted by molar-refractivity contribution is -0.122. The highest BCUT2D eigenvalue weighted by Crippen LogP contribution is 2.55.